The zero-order valence-corrected chi connectivity index (χ0v) is 8.08. The zero-order valence-electron chi connectivity index (χ0n) is 8.08. The Morgan fingerprint density at radius 2 is 2.00 bits per heavy atom. The molecule has 1 N–H and O–H groups in total. The summed E-state index contributed by atoms with van der Waals surface area (Å²) in [6, 6.07) is 10.0. The molecule has 0 aliphatic rings. The predicted molar refractivity (Wildman–Crippen MR) is 54.2 cm³/mol. The lowest BCUT2D eigenvalue weighted by molar-refractivity contribution is 0.375. The minimum atomic E-state index is 0.103. The number of hydrogen-bond acceptors (Lipinski definition) is 2. The first-order chi connectivity index (χ1) is 6.29. The normalized spacial score (nSPS) is 12.2. The molecule has 13 heavy (non-hydrogen) atoms. The summed E-state index contributed by atoms with van der Waals surface area (Å²) in [6.07, 6.45) is 0.899. The molecule has 70 valence electrons. The molecule has 0 aliphatic heterocycles. The molecule has 0 saturated carbocycles. The van der Waals surface area contributed by atoms with Crippen molar-refractivity contribution in [3.8, 4) is 0 Å². The fourth-order valence-electron chi connectivity index (χ4n) is 1.40. The Morgan fingerprint density at radius 1 is 1.38 bits per heavy atom. The minimum Gasteiger partial charge on any atom is -0.484 e. The highest BCUT2D eigenvalue weighted by Gasteiger charge is 2.14. The van der Waals surface area contributed by atoms with E-state index in [1.54, 1.807) is 7.11 Å². The van der Waals surface area contributed by atoms with Gasteiger partial charge in [-0.15, -0.1) is 0 Å². The summed E-state index contributed by atoms with van der Waals surface area (Å²) >= 11 is 0. The van der Waals surface area contributed by atoms with Crippen LogP contribution in [0.25, 0.3) is 0 Å². The molecule has 1 aromatic rings. The average molecular weight is 177 g/mol. The van der Waals surface area contributed by atoms with Gasteiger partial charge in [-0.05, 0) is 12.0 Å². The van der Waals surface area contributed by atoms with E-state index in [9.17, 15) is 0 Å². The van der Waals surface area contributed by atoms with Crippen molar-refractivity contribution in [2.24, 2.45) is 0 Å². The van der Waals surface area contributed by atoms with Crippen LogP contribution in [-0.2, 0) is 4.74 Å². The van der Waals surface area contributed by atoms with Gasteiger partial charge in [0.05, 0.1) is 13.0 Å². The fourth-order valence-corrected chi connectivity index (χ4v) is 1.40. The van der Waals surface area contributed by atoms with Crippen LogP contribution in [0.15, 0.2) is 30.3 Å². The Kier molecular flexibility index (Phi) is 3.50. The number of nitrogens with one attached hydrogen (secondary N) is 1. The number of rotatable bonds is 3. The summed E-state index contributed by atoms with van der Waals surface area (Å²) in [7, 11) is 1.55. The van der Waals surface area contributed by atoms with Crippen molar-refractivity contribution >= 4 is 5.90 Å². The van der Waals surface area contributed by atoms with E-state index in [1.165, 1.54) is 0 Å². The molecule has 0 aromatic heterocycles. The maximum Gasteiger partial charge on any atom is 0.187 e. The summed E-state index contributed by atoms with van der Waals surface area (Å²) in [5, 5.41) is 7.61. The van der Waals surface area contributed by atoms with E-state index in [2.05, 4.69) is 6.92 Å². The third-order valence-corrected chi connectivity index (χ3v) is 2.15. The third kappa shape index (κ3) is 2.31. The predicted octanol–water partition coefficient (Wildman–Crippen LogP) is 2.80. The SMILES string of the molecule is CC[C@@H](C(=N)OC)c1ccccc1. The summed E-state index contributed by atoms with van der Waals surface area (Å²) in [5.74, 6) is 0.444. The average Bonchev–Trinajstić information content (AvgIpc) is 2.20. The van der Waals surface area contributed by atoms with E-state index in [1.807, 2.05) is 30.3 Å². The van der Waals surface area contributed by atoms with E-state index in [-0.39, 0.29) is 5.92 Å². The second kappa shape index (κ2) is 4.65. The first kappa shape index (κ1) is 9.78. The van der Waals surface area contributed by atoms with Crippen LogP contribution in [0, 0.1) is 5.41 Å². The summed E-state index contributed by atoms with van der Waals surface area (Å²) in [4.78, 5) is 0. The number of methoxy groups -OCH3 is 1. The largest absolute Gasteiger partial charge is 0.484 e. The highest BCUT2D eigenvalue weighted by molar-refractivity contribution is 5.80. The maximum absolute atomic E-state index is 7.61. The van der Waals surface area contributed by atoms with Crippen LogP contribution in [0.3, 0.4) is 0 Å². The van der Waals surface area contributed by atoms with Gasteiger partial charge in [-0.1, -0.05) is 37.3 Å². The van der Waals surface area contributed by atoms with Crippen molar-refractivity contribution in [1.29, 1.82) is 5.41 Å². The maximum atomic E-state index is 7.61. The van der Waals surface area contributed by atoms with Gasteiger partial charge in [0.25, 0.3) is 0 Å². The molecule has 1 atom stereocenters. The number of hydrogen-bond donors (Lipinski definition) is 1. The number of ether oxygens (including phenoxy) is 1. The summed E-state index contributed by atoms with van der Waals surface area (Å²) in [6.45, 7) is 2.06. The molecule has 0 heterocycles. The smallest absolute Gasteiger partial charge is 0.187 e. The molecule has 0 fully saturated rings. The minimum absolute atomic E-state index is 0.103. The Hall–Kier alpha value is -1.31. The monoisotopic (exact) mass is 177 g/mol. The molecule has 1 aromatic carbocycles. The van der Waals surface area contributed by atoms with Crippen LogP contribution in [0.4, 0.5) is 0 Å². The molecule has 0 bridgehead atoms. The molecule has 0 unspecified atom stereocenters. The van der Waals surface area contributed by atoms with Crippen LogP contribution in [0.5, 0.6) is 0 Å². The Bertz CT molecular complexity index is 269. The third-order valence-electron chi connectivity index (χ3n) is 2.15. The van der Waals surface area contributed by atoms with E-state index in [0.717, 1.165) is 12.0 Å². The fraction of sp³-hybridized carbons (Fsp3) is 0.364. The van der Waals surface area contributed by atoms with Gasteiger partial charge in [0, 0.05) is 0 Å². The molecular weight excluding hydrogens is 162 g/mol. The summed E-state index contributed by atoms with van der Waals surface area (Å²) < 4.78 is 4.94. The van der Waals surface area contributed by atoms with Crippen molar-refractivity contribution in [2.75, 3.05) is 7.11 Å². The molecule has 0 amide bonds. The van der Waals surface area contributed by atoms with E-state index in [4.69, 9.17) is 10.1 Å². The summed E-state index contributed by atoms with van der Waals surface area (Å²) in [5.41, 5.74) is 1.15. The molecular formula is C11H15NO. The lowest BCUT2D eigenvalue weighted by atomic mass is 9.96. The highest BCUT2D eigenvalue weighted by atomic mass is 16.5. The van der Waals surface area contributed by atoms with Crippen LogP contribution in [0.2, 0.25) is 0 Å². The van der Waals surface area contributed by atoms with Gasteiger partial charge >= 0.3 is 0 Å². The van der Waals surface area contributed by atoms with Gasteiger partial charge in [0.1, 0.15) is 0 Å². The van der Waals surface area contributed by atoms with Gasteiger partial charge in [-0.3, -0.25) is 5.41 Å². The van der Waals surface area contributed by atoms with Crippen molar-refractivity contribution in [3.05, 3.63) is 35.9 Å². The highest BCUT2D eigenvalue weighted by Crippen LogP contribution is 2.20. The lowest BCUT2D eigenvalue weighted by Gasteiger charge is -2.14. The number of benzene rings is 1. The van der Waals surface area contributed by atoms with Crippen molar-refractivity contribution in [2.45, 2.75) is 19.3 Å². The second-order valence-corrected chi connectivity index (χ2v) is 2.94. The van der Waals surface area contributed by atoms with Crippen LogP contribution in [0.1, 0.15) is 24.8 Å². The van der Waals surface area contributed by atoms with Crippen LogP contribution >= 0.6 is 0 Å². The van der Waals surface area contributed by atoms with Crippen molar-refractivity contribution < 1.29 is 4.74 Å². The van der Waals surface area contributed by atoms with Crippen molar-refractivity contribution in [1.82, 2.24) is 0 Å². The lowest BCUT2D eigenvalue weighted by Crippen LogP contribution is -2.12. The first-order valence-electron chi connectivity index (χ1n) is 4.47. The standard InChI is InChI=1S/C11H15NO/c1-3-10(11(12)13-2)9-7-5-4-6-8-9/h4-8,10,12H,3H2,1-2H3/t10-/m1/s1. The van der Waals surface area contributed by atoms with Gasteiger partial charge < -0.3 is 4.74 Å². The molecule has 0 radical (unpaired) electrons. The zero-order chi connectivity index (χ0) is 9.68. The second-order valence-electron chi connectivity index (χ2n) is 2.94. The van der Waals surface area contributed by atoms with Gasteiger partial charge in [-0.25, -0.2) is 0 Å². The van der Waals surface area contributed by atoms with Gasteiger partial charge in [0.15, 0.2) is 5.90 Å². The quantitative estimate of drug-likeness (QED) is 0.559. The van der Waals surface area contributed by atoms with E-state index >= 15 is 0 Å². The van der Waals surface area contributed by atoms with Gasteiger partial charge in [0.2, 0.25) is 0 Å². The molecule has 1 rings (SSSR count). The molecule has 0 spiro atoms. The van der Waals surface area contributed by atoms with Crippen LogP contribution < -0.4 is 0 Å². The first-order valence-corrected chi connectivity index (χ1v) is 4.47. The Labute approximate surface area is 79.1 Å². The molecule has 2 nitrogen and oxygen atoms in total. The van der Waals surface area contributed by atoms with E-state index in [0.29, 0.717) is 5.90 Å². The Balaban J connectivity index is 2.85. The van der Waals surface area contributed by atoms with Crippen molar-refractivity contribution in [3.63, 3.8) is 0 Å². The molecule has 2 heteroatoms. The van der Waals surface area contributed by atoms with Gasteiger partial charge in [-0.2, -0.15) is 0 Å². The molecule has 0 aliphatic carbocycles. The molecule has 0 saturated heterocycles. The van der Waals surface area contributed by atoms with Crippen LogP contribution in [-0.4, -0.2) is 13.0 Å². The Morgan fingerprint density at radius 3 is 2.46 bits per heavy atom. The topological polar surface area (TPSA) is 33.1 Å². The van der Waals surface area contributed by atoms with E-state index < -0.39 is 0 Å².